The summed E-state index contributed by atoms with van der Waals surface area (Å²) in [5.41, 5.74) is 7.58. The number of phenolic OH excluding ortho intramolecular Hbond substituents is 1. The van der Waals surface area contributed by atoms with Gasteiger partial charge in [-0.05, 0) is 12.1 Å². The topological polar surface area (TPSA) is 71.0 Å². The minimum atomic E-state index is 0.0192. The molecule has 0 spiro atoms. The van der Waals surface area contributed by atoms with Crippen LogP contribution in [0.1, 0.15) is 0 Å². The average molecular weight is 263 g/mol. The highest BCUT2D eigenvalue weighted by molar-refractivity contribution is 6.02. The van der Waals surface area contributed by atoms with E-state index in [2.05, 4.69) is 10.2 Å². The number of rotatable bonds is 2. The molecular weight excluding hydrogens is 250 g/mol. The molecule has 20 heavy (non-hydrogen) atoms. The number of hydrogen-bond donors (Lipinski definition) is 2. The lowest BCUT2D eigenvalue weighted by molar-refractivity contribution is 0.479. The molecule has 0 amide bonds. The Morgan fingerprint density at radius 2 is 1.45 bits per heavy atom. The van der Waals surface area contributed by atoms with Crippen molar-refractivity contribution in [1.82, 2.24) is 0 Å². The number of benzene rings is 3. The van der Waals surface area contributed by atoms with E-state index in [0.29, 0.717) is 11.4 Å². The molecule has 4 heteroatoms. The van der Waals surface area contributed by atoms with Crippen LogP contribution in [0.3, 0.4) is 0 Å². The molecule has 0 radical (unpaired) electrons. The molecule has 3 N–H and O–H groups in total. The van der Waals surface area contributed by atoms with Crippen LogP contribution >= 0.6 is 0 Å². The van der Waals surface area contributed by atoms with Gasteiger partial charge < -0.3 is 10.8 Å². The Kier molecular flexibility index (Phi) is 3.05. The first kappa shape index (κ1) is 12.2. The van der Waals surface area contributed by atoms with Crippen molar-refractivity contribution in [3.05, 3.63) is 60.7 Å². The third-order valence-electron chi connectivity index (χ3n) is 3.07. The number of azo groups is 1. The number of fused-ring (bicyclic) bond motifs is 1. The molecular formula is C16H13N3O. The summed E-state index contributed by atoms with van der Waals surface area (Å²) in [6.07, 6.45) is 0. The largest absolute Gasteiger partial charge is 0.506 e. The number of nitrogens with two attached hydrogens (primary N) is 1. The van der Waals surface area contributed by atoms with E-state index in [1.54, 1.807) is 0 Å². The molecule has 0 bridgehead atoms. The van der Waals surface area contributed by atoms with Crippen molar-refractivity contribution in [1.29, 1.82) is 0 Å². The lowest BCUT2D eigenvalue weighted by Crippen LogP contribution is -1.88. The van der Waals surface area contributed by atoms with Gasteiger partial charge in [-0.2, -0.15) is 5.11 Å². The molecule has 0 saturated heterocycles. The third kappa shape index (κ3) is 2.19. The van der Waals surface area contributed by atoms with E-state index in [-0.39, 0.29) is 5.75 Å². The Hall–Kier alpha value is -2.88. The van der Waals surface area contributed by atoms with E-state index >= 15 is 0 Å². The fourth-order valence-corrected chi connectivity index (χ4v) is 2.05. The molecule has 4 nitrogen and oxygen atoms in total. The maximum absolute atomic E-state index is 9.87. The average Bonchev–Trinajstić information content (AvgIpc) is 2.50. The van der Waals surface area contributed by atoms with Gasteiger partial charge in [0.05, 0.1) is 17.1 Å². The Balaban J connectivity index is 2.13. The fourth-order valence-electron chi connectivity index (χ4n) is 2.05. The zero-order valence-electron chi connectivity index (χ0n) is 10.7. The van der Waals surface area contributed by atoms with E-state index in [0.717, 1.165) is 16.5 Å². The summed E-state index contributed by atoms with van der Waals surface area (Å²) in [6, 6.07) is 18.5. The summed E-state index contributed by atoms with van der Waals surface area (Å²) in [7, 11) is 0. The van der Waals surface area contributed by atoms with Crippen LogP contribution in [-0.4, -0.2) is 5.11 Å². The predicted octanol–water partition coefficient (Wildman–Crippen LogP) is 4.54. The molecule has 3 aromatic rings. The number of nitrogens with zero attached hydrogens (tertiary/aromatic N) is 2. The Morgan fingerprint density at radius 1 is 0.800 bits per heavy atom. The van der Waals surface area contributed by atoms with Gasteiger partial charge in [-0.25, -0.2) is 0 Å². The second-order valence-electron chi connectivity index (χ2n) is 4.41. The van der Waals surface area contributed by atoms with Gasteiger partial charge in [0.15, 0.2) is 0 Å². The van der Waals surface area contributed by atoms with Crippen LogP contribution in [0.2, 0.25) is 0 Å². The van der Waals surface area contributed by atoms with E-state index < -0.39 is 0 Å². The van der Waals surface area contributed by atoms with Crippen LogP contribution in [0, 0.1) is 0 Å². The van der Waals surface area contributed by atoms with E-state index in [1.807, 2.05) is 54.6 Å². The lowest BCUT2D eigenvalue weighted by atomic mass is 10.1. The van der Waals surface area contributed by atoms with Crippen LogP contribution in [-0.2, 0) is 0 Å². The van der Waals surface area contributed by atoms with E-state index in [4.69, 9.17) is 5.73 Å². The Bertz CT molecular complexity index is 782. The van der Waals surface area contributed by atoms with Gasteiger partial charge >= 0.3 is 0 Å². The summed E-state index contributed by atoms with van der Waals surface area (Å²) in [6.45, 7) is 0. The van der Waals surface area contributed by atoms with Crippen LogP contribution in [0.5, 0.6) is 5.75 Å². The van der Waals surface area contributed by atoms with Crippen molar-refractivity contribution in [3.8, 4) is 5.75 Å². The molecule has 98 valence electrons. The first-order chi connectivity index (χ1) is 9.75. The van der Waals surface area contributed by atoms with Crippen molar-refractivity contribution < 1.29 is 5.11 Å². The Morgan fingerprint density at radius 3 is 2.20 bits per heavy atom. The Labute approximate surface area is 116 Å². The molecule has 0 atom stereocenters. The van der Waals surface area contributed by atoms with Gasteiger partial charge in [-0.15, -0.1) is 5.11 Å². The molecule has 3 rings (SSSR count). The van der Waals surface area contributed by atoms with Gasteiger partial charge in [0.1, 0.15) is 5.75 Å². The molecule has 0 saturated carbocycles. The van der Waals surface area contributed by atoms with Gasteiger partial charge in [-0.3, -0.25) is 0 Å². The second kappa shape index (κ2) is 5.01. The number of aromatic hydroxyl groups is 1. The number of phenols is 1. The van der Waals surface area contributed by atoms with Gasteiger partial charge in [-0.1, -0.05) is 42.5 Å². The van der Waals surface area contributed by atoms with Crippen molar-refractivity contribution in [2.45, 2.75) is 0 Å². The molecule has 0 fully saturated rings. The van der Waals surface area contributed by atoms with Crippen molar-refractivity contribution in [3.63, 3.8) is 0 Å². The van der Waals surface area contributed by atoms with Crippen LogP contribution in [0.15, 0.2) is 70.9 Å². The summed E-state index contributed by atoms with van der Waals surface area (Å²) < 4.78 is 0. The smallest absolute Gasteiger partial charge is 0.141 e. The van der Waals surface area contributed by atoms with Crippen LogP contribution in [0.4, 0.5) is 17.1 Å². The molecule has 0 aliphatic rings. The molecule has 0 unspecified atom stereocenters. The summed E-state index contributed by atoms with van der Waals surface area (Å²) >= 11 is 0. The summed E-state index contributed by atoms with van der Waals surface area (Å²) in [5.74, 6) is 0.0192. The first-order valence-corrected chi connectivity index (χ1v) is 6.22. The minimum Gasteiger partial charge on any atom is -0.506 e. The maximum Gasteiger partial charge on any atom is 0.141 e. The van der Waals surface area contributed by atoms with Crippen molar-refractivity contribution in [2.75, 3.05) is 5.73 Å². The maximum atomic E-state index is 9.87. The molecule has 0 aliphatic carbocycles. The highest BCUT2D eigenvalue weighted by Gasteiger charge is 2.08. The number of hydrogen-bond acceptors (Lipinski definition) is 4. The number of anilines is 1. The zero-order chi connectivity index (χ0) is 13.9. The SMILES string of the molecule is Nc1c(O)cc(N=Nc2ccccc2)c2ccccc12. The molecule has 0 aliphatic heterocycles. The van der Waals surface area contributed by atoms with Gasteiger partial charge in [0, 0.05) is 16.8 Å². The second-order valence-corrected chi connectivity index (χ2v) is 4.41. The summed E-state index contributed by atoms with van der Waals surface area (Å²) in [4.78, 5) is 0. The van der Waals surface area contributed by atoms with Gasteiger partial charge in [0.2, 0.25) is 0 Å². The van der Waals surface area contributed by atoms with E-state index in [1.165, 1.54) is 6.07 Å². The highest BCUT2D eigenvalue weighted by Crippen LogP contribution is 2.37. The standard InChI is InChI=1S/C16H13N3O/c17-16-13-9-5-4-8-12(13)14(10-15(16)20)19-18-11-6-2-1-3-7-11/h1-10,20H,17H2. The number of nitrogen functional groups attached to an aromatic ring is 1. The summed E-state index contributed by atoms with van der Waals surface area (Å²) in [5, 5.41) is 19.9. The molecule has 3 aromatic carbocycles. The fraction of sp³-hybridized carbons (Fsp3) is 0. The highest BCUT2D eigenvalue weighted by atomic mass is 16.3. The van der Waals surface area contributed by atoms with E-state index in [9.17, 15) is 5.11 Å². The van der Waals surface area contributed by atoms with Crippen LogP contribution in [0.25, 0.3) is 10.8 Å². The quantitative estimate of drug-likeness (QED) is 0.404. The normalized spacial score (nSPS) is 11.2. The van der Waals surface area contributed by atoms with Crippen LogP contribution < -0.4 is 5.73 Å². The zero-order valence-corrected chi connectivity index (χ0v) is 10.7. The monoisotopic (exact) mass is 263 g/mol. The van der Waals surface area contributed by atoms with Crippen molar-refractivity contribution >= 4 is 27.8 Å². The minimum absolute atomic E-state index is 0.0192. The first-order valence-electron chi connectivity index (χ1n) is 6.22. The predicted molar refractivity (Wildman–Crippen MR) is 80.6 cm³/mol. The van der Waals surface area contributed by atoms with Gasteiger partial charge in [0.25, 0.3) is 0 Å². The molecule has 0 aromatic heterocycles. The third-order valence-corrected chi connectivity index (χ3v) is 3.07. The van der Waals surface area contributed by atoms with Crippen molar-refractivity contribution in [2.24, 2.45) is 10.2 Å². The molecule has 0 heterocycles. The lowest BCUT2D eigenvalue weighted by Gasteiger charge is -2.06.